The van der Waals surface area contributed by atoms with Crippen molar-refractivity contribution in [3.63, 3.8) is 0 Å². The van der Waals surface area contributed by atoms with Crippen LogP contribution in [0.3, 0.4) is 0 Å². The maximum atomic E-state index is 5.92. The van der Waals surface area contributed by atoms with Gasteiger partial charge in [-0.15, -0.1) is 0 Å². The number of rotatable bonds is 6. The van der Waals surface area contributed by atoms with Crippen LogP contribution in [0.2, 0.25) is 5.02 Å². The molecule has 0 unspecified atom stereocenters. The summed E-state index contributed by atoms with van der Waals surface area (Å²) in [5, 5.41) is 0.751. The number of ether oxygens (including phenoxy) is 1. The molecule has 0 amide bonds. The van der Waals surface area contributed by atoms with Crippen molar-refractivity contribution in [2.45, 2.75) is 33.6 Å². The summed E-state index contributed by atoms with van der Waals surface area (Å²) in [5.74, 6) is 1.77. The Bertz CT molecular complexity index is 353. The van der Waals surface area contributed by atoms with Crippen molar-refractivity contribution in [1.29, 1.82) is 0 Å². The quantitative estimate of drug-likeness (QED) is 0.735. The van der Waals surface area contributed by atoms with E-state index in [4.69, 9.17) is 16.3 Å². The molecule has 1 aromatic rings. The normalized spacial score (nSPS) is 11.6. The van der Waals surface area contributed by atoms with Gasteiger partial charge in [0.25, 0.3) is 0 Å². The molecule has 0 N–H and O–H groups in total. The Hall–Kier alpha value is -0.340. The Balaban J connectivity index is 2.72. The van der Waals surface area contributed by atoms with Crippen molar-refractivity contribution in [2.75, 3.05) is 12.4 Å². The SMILES string of the molecule is CCC(CC)(CS)COc1ccc(Cl)cc1C. The molecule has 1 nitrogen and oxygen atoms in total. The van der Waals surface area contributed by atoms with Crippen molar-refractivity contribution in [3.05, 3.63) is 28.8 Å². The number of thiol groups is 1. The highest BCUT2D eigenvalue weighted by Crippen LogP contribution is 2.30. The fraction of sp³-hybridized carbons (Fsp3) is 0.571. The van der Waals surface area contributed by atoms with Crippen molar-refractivity contribution >= 4 is 24.2 Å². The zero-order valence-electron chi connectivity index (χ0n) is 10.8. The molecule has 0 aromatic heterocycles. The number of halogens is 1. The van der Waals surface area contributed by atoms with Crippen molar-refractivity contribution in [1.82, 2.24) is 0 Å². The van der Waals surface area contributed by atoms with Crippen molar-refractivity contribution < 1.29 is 4.74 Å². The van der Waals surface area contributed by atoms with Crippen LogP contribution in [0.5, 0.6) is 5.75 Å². The van der Waals surface area contributed by atoms with E-state index in [0.29, 0.717) is 6.61 Å². The first-order valence-electron chi connectivity index (χ1n) is 6.06. The molecule has 0 fully saturated rings. The molecule has 0 radical (unpaired) electrons. The lowest BCUT2D eigenvalue weighted by Crippen LogP contribution is -2.29. The van der Waals surface area contributed by atoms with Gasteiger partial charge < -0.3 is 4.74 Å². The molecule has 0 heterocycles. The highest BCUT2D eigenvalue weighted by molar-refractivity contribution is 7.80. The first-order chi connectivity index (χ1) is 8.06. The first kappa shape index (κ1) is 14.7. The van der Waals surface area contributed by atoms with Crippen LogP contribution < -0.4 is 4.74 Å². The predicted octanol–water partition coefficient (Wildman–Crippen LogP) is 4.76. The molecule has 0 aliphatic heterocycles. The van der Waals surface area contributed by atoms with Crippen LogP contribution in [0.15, 0.2) is 18.2 Å². The Kier molecular flexibility index (Phi) is 5.68. The van der Waals surface area contributed by atoms with Gasteiger partial charge in [-0.3, -0.25) is 0 Å². The molecule has 1 rings (SSSR count). The van der Waals surface area contributed by atoms with Crippen LogP contribution in [0.25, 0.3) is 0 Å². The minimum Gasteiger partial charge on any atom is -0.493 e. The molecule has 0 spiro atoms. The standard InChI is InChI=1S/C14H21ClOS/c1-4-14(5-2,10-17)9-16-13-7-6-12(15)8-11(13)3/h6-8,17H,4-5,9-10H2,1-3H3. The van der Waals surface area contributed by atoms with Gasteiger partial charge in [-0.25, -0.2) is 0 Å². The van der Waals surface area contributed by atoms with E-state index in [1.807, 2.05) is 25.1 Å². The number of aryl methyl sites for hydroxylation is 1. The van der Waals surface area contributed by atoms with Crippen LogP contribution in [0.4, 0.5) is 0 Å². The lowest BCUT2D eigenvalue weighted by molar-refractivity contribution is 0.156. The summed E-state index contributed by atoms with van der Waals surface area (Å²) in [6.07, 6.45) is 2.17. The average Bonchev–Trinajstić information content (AvgIpc) is 2.33. The monoisotopic (exact) mass is 272 g/mol. The van der Waals surface area contributed by atoms with E-state index in [9.17, 15) is 0 Å². The van der Waals surface area contributed by atoms with Gasteiger partial charge in [0.2, 0.25) is 0 Å². The van der Waals surface area contributed by atoms with E-state index in [1.165, 1.54) is 0 Å². The molecule has 0 saturated carbocycles. The second kappa shape index (κ2) is 6.55. The van der Waals surface area contributed by atoms with Crippen LogP contribution in [0.1, 0.15) is 32.3 Å². The molecule has 0 bridgehead atoms. The third-order valence-electron chi connectivity index (χ3n) is 3.51. The van der Waals surface area contributed by atoms with Crippen LogP contribution >= 0.6 is 24.2 Å². The lowest BCUT2D eigenvalue weighted by Gasteiger charge is -2.29. The van der Waals surface area contributed by atoms with Gasteiger partial charge in [-0.05, 0) is 49.3 Å². The maximum Gasteiger partial charge on any atom is 0.122 e. The molecular formula is C14H21ClOS. The fourth-order valence-electron chi connectivity index (χ4n) is 1.73. The van der Waals surface area contributed by atoms with Gasteiger partial charge in [0.05, 0.1) is 6.61 Å². The molecule has 0 aliphatic rings. The third-order valence-corrected chi connectivity index (χ3v) is 4.41. The molecule has 0 atom stereocenters. The smallest absolute Gasteiger partial charge is 0.122 e. The van der Waals surface area contributed by atoms with E-state index < -0.39 is 0 Å². The zero-order valence-corrected chi connectivity index (χ0v) is 12.4. The van der Waals surface area contributed by atoms with E-state index in [1.54, 1.807) is 0 Å². The van der Waals surface area contributed by atoms with E-state index >= 15 is 0 Å². The lowest BCUT2D eigenvalue weighted by atomic mass is 9.85. The first-order valence-corrected chi connectivity index (χ1v) is 7.07. The highest BCUT2D eigenvalue weighted by Gasteiger charge is 2.25. The molecule has 1 aromatic carbocycles. The van der Waals surface area contributed by atoms with Gasteiger partial charge in [0.15, 0.2) is 0 Å². The predicted molar refractivity (Wildman–Crippen MR) is 78.6 cm³/mol. The van der Waals surface area contributed by atoms with Gasteiger partial charge in [0, 0.05) is 10.4 Å². The Morgan fingerprint density at radius 3 is 2.41 bits per heavy atom. The van der Waals surface area contributed by atoms with Crippen LogP contribution in [0, 0.1) is 12.3 Å². The molecular weight excluding hydrogens is 252 g/mol. The molecule has 0 saturated heterocycles. The summed E-state index contributed by atoms with van der Waals surface area (Å²) in [7, 11) is 0. The van der Waals surface area contributed by atoms with Gasteiger partial charge in [0.1, 0.15) is 5.75 Å². The number of hydrogen-bond acceptors (Lipinski definition) is 2. The Morgan fingerprint density at radius 2 is 1.94 bits per heavy atom. The summed E-state index contributed by atoms with van der Waals surface area (Å²) in [5.41, 5.74) is 1.26. The zero-order chi connectivity index (χ0) is 12.9. The van der Waals surface area contributed by atoms with E-state index in [0.717, 1.165) is 34.9 Å². The van der Waals surface area contributed by atoms with Crippen LogP contribution in [-0.2, 0) is 0 Å². The second-order valence-electron chi connectivity index (χ2n) is 4.56. The highest BCUT2D eigenvalue weighted by atomic mass is 35.5. The Morgan fingerprint density at radius 1 is 1.29 bits per heavy atom. The van der Waals surface area contributed by atoms with E-state index in [-0.39, 0.29) is 5.41 Å². The summed E-state index contributed by atoms with van der Waals surface area (Å²) in [6.45, 7) is 7.11. The van der Waals surface area contributed by atoms with Gasteiger partial charge >= 0.3 is 0 Å². The van der Waals surface area contributed by atoms with Crippen molar-refractivity contribution in [2.24, 2.45) is 5.41 Å². The minimum atomic E-state index is 0.176. The van der Waals surface area contributed by atoms with Gasteiger partial charge in [-0.2, -0.15) is 12.6 Å². The largest absolute Gasteiger partial charge is 0.493 e. The summed E-state index contributed by atoms with van der Waals surface area (Å²) in [4.78, 5) is 0. The summed E-state index contributed by atoms with van der Waals surface area (Å²) >= 11 is 10.4. The Labute approximate surface area is 115 Å². The van der Waals surface area contributed by atoms with E-state index in [2.05, 4.69) is 26.5 Å². The minimum absolute atomic E-state index is 0.176. The number of hydrogen-bond donors (Lipinski definition) is 1. The maximum absolute atomic E-state index is 5.92. The third kappa shape index (κ3) is 3.82. The summed E-state index contributed by atoms with van der Waals surface area (Å²) in [6, 6.07) is 5.73. The van der Waals surface area contributed by atoms with Gasteiger partial charge in [-0.1, -0.05) is 25.4 Å². The second-order valence-corrected chi connectivity index (χ2v) is 5.32. The molecule has 17 heavy (non-hydrogen) atoms. The van der Waals surface area contributed by atoms with Crippen LogP contribution in [-0.4, -0.2) is 12.4 Å². The molecule has 3 heteroatoms. The fourth-order valence-corrected chi connectivity index (χ4v) is 2.49. The van der Waals surface area contributed by atoms with Crippen molar-refractivity contribution in [3.8, 4) is 5.75 Å². The molecule has 96 valence electrons. The topological polar surface area (TPSA) is 9.23 Å². The number of benzene rings is 1. The molecule has 0 aliphatic carbocycles. The summed E-state index contributed by atoms with van der Waals surface area (Å²) < 4.78 is 5.92. The average molecular weight is 273 g/mol.